The largest absolute Gasteiger partial charge is 0.509 e. The molecule has 0 spiro atoms. The van der Waals surface area contributed by atoms with E-state index < -0.39 is 12.4 Å². The molecule has 0 aliphatic carbocycles. The van der Waals surface area contributed by atoms with E-state index in [-0.39, 0.29) is 0 Å². The number of ether oxygens (including phenoxy) is 1. The summed E-state index contributed by atoms with van der Waals surface area (Å²) in [4.78, 5) is 0. The molecule has 0 saturated heterocycles. The van der Waals surface area contributed by atoms with E-state index in [2.05, 4.69) is 0 Å². The Morgan fingerprint density at radius 2 is 1.50 bits per heavy atom. The van der Waals surface area contributed by atoms with Crippen LogP contribution in [0.1, 0.15) is 11.1 Å². The minimum absolute atomic E-state index is 0.515. The molecule has 0 aromatic heterocycles. The first-order chi connectivity index (χ1) is 6.36. The van der Waals surface area contributed by atoms with Crippen molar-refractivity contribution in [3.8, 4) is 5.75 Å². The average Bonchev–Trinajstić information content (AvgIpc) is 2.01. The van der Waals surface area contributed by atoms with E-state index >= 15 is 0 Å². The first-order valence-corrected chi connectivity index (χ1v) is 4.21. The van der Waals surface area contributed by atoms with Crippen LogP contribution in [0.3, 0.4) is 0 Å². The maximum atomic E-state index is 12.4. The molecule has 0 unspecified atom stereocenters. The van der Waals surface area contributed by atoms with Crippen molar-refractivity contribution >= 4 is 12.4 Å². The van der Waals surface area contributed by atoms with Gasteiger partial charge >= 0.3 is 6.98 Å². The molecule has 1 aromatic carbocycles. The number of rotatable bonds is 2. The number of halogens is 3. The fourth-order valence-electron chi connectivity index (χ4n) is 1.49. The van der Waals surface area contributed by atoms with Crippen LogP contribution in [0.2, 0.25) is 0 Å². The van der Waals surface area contributed by atoms with Gasteiger partial charge in [0.2, 0.25) is 0 Å². The van der Waals surface area contributed by atoms with Gasteiger partial charge in [0.15, 0.2) is 0 Å². The van der Waals surface area contributed by atoms with Crippen molar-refractivity contribution in [2.45, 2.75) is 13.8 Å². The summed E-state index contributed by atoms with van der Waals surface area (Å²) in [6.07, 6.45) is 0. The monoisotopic (exact) mass is 203 g/mol. The molecule has 0 aliphatic heterocycles. The molecule has 1 nitrogen and oxygen atoms in total. The topological polar surface area (TPSA) is 9.23 Å². The average molecular weight is 203 g/mol. The molecular formula is C9H11BF3O-. The highest BCUT2D eigenvalue weighted by molar-refractivity contribution is 6.73. The van der Waals surface area contributed by atoms with E-state index in [9.17, 15) is 12.9 Å². The van der Waals surface area contributed by atoms with Crippen LogP contribution in [0, 0.1) is 13.8 Å². The standard InChI is InChI=1S/C9H11BF3O/c1-6-4-8(10(11,12)13)5-7(2)9(6)14-3/h4-5H,1-3H3/q-1. The molecule has 0 N–H and O–H groups in total. The third-order valence-corrected chi connectivity index (χ3v) is 2.06. The zero-order valence-corrected chi connectivity index (χ0v) is 8.27. The Morgan fingerprint density at radius 3 is 1.79 bits per heavy atom. The van der Waals surface area contributed by atoms with E-state index in [1.807, 2.05) is 0 Å². The lowest BCUT2D eigenvalue weighted by atomic mass is 9.78. The highest BCUT2D eigenvalue weighted by atomic mass is 19.4. The second-order valence-electron chi connectivity index (χ2n) is 3.26. The zero-order valence-electron chi connectivity index (χ0n) is 8.27. The molecule has 0 fully saturated rings. The van der Waals surface area contributed by atoms with E-state index in [1.54, 1.807) is 13.8 Å². The summed E-state index contributed by atoms with van der Waals surface area (Å²) < 4.78 is 42.2. The van der Waals surface area contributed by atoms with Gasteiger partial charge in [-0.1, -0.05) is 12.1 Å². The second kappa shape index (κ2) is 3.56. The summed E-state index contributed by atoms with van der Waals surface area (Å²) in [6.45, 7) is -1.70. The molecule has 1 aromatic rings. The van der Waals surface area contributed by atoms with Crippen molar-refractivity contribution < 1.29 is 17.7 Å². The lowest BCUT2D eigenvalue weighted by Gasteiger charge is -2.18. The summed E-state index contributed by atoms with van der Waals surface area (Å²) >= 11 is 0. The van der Waals surface area contributed by atoms with Crippen LogP contribution < -0.4 is 10.2 Å². The van der Waals surface area contributed by atoms with Crippen molar-refractivity contribution in [3.05, 3.63) is 23.3 Å². The van der Waals surface area contributed by atoms with Crippen molar-refractivity contribution in [2.24, 2.45) is 0 Å². The Kier molecular flexibility index (Phi) is 2.78. The zero-order chi connectivity index (χ0) is 10.9. The molecule has 1 rings (SSSR count). The van der Waals surface area contributed by atoms with Gasteiger partial charge < -0.3 is 17.7 Å². The van der Waals surface area contributed by atoms with Crippen molar-refractivity contribution in [2.75, 3.05) is 7.11 Å². The normalized spacial score (nSPS) is 11.6. The maximum absolute atomic E-state index is 12.4. The Morgan fingerprint density at radius 1 is 1.07 bits per heavy atom. The molecule has 0 atom stereocenters. The quantitative estimate of drug-likeness (QED) is 0.670. The second-order valence-corrected chi connectivity index (χ2v) is 3.26. The predicted molar refractivity (Wildman–Crippen MR) is 51.2 cm³/mol. The van der Waals surface area contributed by atoms with Crippen LogP contribution in [-0.2, 0) is 0 Å². The summed E-state index contributed by atoms with van der Waals surface area (Å²) in [5.41, 5.74) is 0.462. The third-order valence-electron chi connectivity index (χ3n) is 2.06. The smallest absolute Gasteiger partial charge is 0.496 e. The van der Waals surface area contributed by atoms with Gasteiger partial charge in [0.05, 0.1) is 7.11 Å². The predicted octanol–water partition coefficient (Wildman–Crippen LogP) is 2.37. The van der Waals surface area contributed by atoms with Gasteiger partial charge in [0.25, 0.3) is 0 Å². The van der Waals surface area contributed by atoms with Gasteiger partial charge in [0.1, 0.15) is 5.75 Å². The van der Waals surface area contributed by atoms with Gasteiger partial charge in [0, 0.05) is 0 Å². The van der Waals surface area contributed by atoms with Crippen LogP contribution in [-0.4, -0.2) is 14.1 Å². The van der Waals surface area contributed by atoms with Gasteiger partial charge in [-0.15, -0.1) is 5.46 Å². The van der Waals surface area contributed by atoms with E-state index in [0.29, 0.717) is 16.9 Å². The van der Waals surface area contributed by atoms with Gasteiger partial charge in [-0.25, -0.2) is 0 Å². The molecule has 0 amide bonds. The molecule has 0 radical (unpaired) electrons. The number of methoxy groups -OCH3 is 1. The first kappa shape index (κ1) is 11.0. The number of hydrogen-bond acceptors (Lipinski definition) is 1. The SMILES string of the molecule is COc1c(C)cc([B-](F)(F)F)cc1C. The maximum Gasteiger partial charge on any atom is 0.509 e. The lowest BCUT2D eigenvalue weighted by Crippen LogP contribution is -2.34. The molecule has 0 heterocycles. The molecular weight excluding hydrogens is 192 g/mol. The van der Waals surface area contributed by atoms with Crippen molar-refractivity contribution in [1.82, 2.24) is 0 Å². The minimum Gasteiger partial charge on any atom is -0.496 e. The Hall–Kier alpha value is -1.13. The molecule has 0 bridgehead atoms. The first-order valence-electron chi connectivity index (χ1n) is 4.21. The van der Waals surface area contributed by atoms with Crippen LogP contribution in [0.25, 0.3) is 0 Å². The third kappa shape index (κ3) is 2.03. The number of aryl methyl sites for hydroxylation is 2. The fraction of sp³-hybridized carbons (Fsp3) is 0.333. The Bertz CT molecular complexity index is 323. The van der Waals surface area contributed by atoms with Crippen molar-refractivity contribution in [3.63, 3.8) is 0 Å². The van der Waals surface area contributed by atoms with Gasteiger partial charge in [-0.2, -0.15) is 0 Å². The van der Waals surface area contributed by atoms with Gasteiger partial charge in [-0.3, -0.25) is 0 Å². The summed E-state index contributed by atoms with van der Waals surface area (Å²) in [6, 6.07) is 2.23. The Balaban J connectivity index is 3.28. The summed E-state index contributed by atoms with van der Waals surface area (Å²) in [5, 5.41) is 0. The number of benzene rings is 1. The van der Waals surface area contributed by atoms with Crippen LogP contribution in [0.5, 0.6) is 5.75 Å². The molecule has 78 valence electrons. The van der Waals surface area contributed by atoms with Crippen LogP contribution in [0.15, 0.2) is 12.1 Å². The molecule has 0 saturated carbocycles. The van der Waals surface area contributed by atoms with Gasteiger partial charge in [-0.05, 0) is 25.0 Å². The van der Waals surface area contributed by atoms with Crippen LogP contribution >= 0.6 is 0 Å². The summed E-state index contributed by atoms with van der Waals surface area (Å²) in [7, 11) is 1.45. The molecule has 0 aliphatic rings. The lowest BCUT2D eigenvalue weighted by molar-refractivity contribution is 0.408. The van der Waals surface area contributed by atoms with E-state index in [0.717, 1.165) is 12.1 Å². The molecule has 5 heteroatoms. The highest BCUT2D eigenvalue weighted by Gasteiger charge is 2.26. The minimum atomic E-state index is -4.92. The summed E-state index contributed by atoms with van der Waals surface area (Å²) in [5.74, 6) is 0.522. The van der Waals surface area contributed by atoms with E-state index in [1.165, 1.54) is 7.11 Å². The van der Waals surface area contributed by atoms with Crippen molar-refractivity contribution in [1.29, 1.82) is 0 Å². The molecule has 14 heavy (non-hydrogen) atoms. The van der Waals surface area contributed by atoms with Crippen LogP contribution in [0.4, 0.5) is 12.9 Å². The fourth-order valence-corrected chi connectivity index (χ4v) is 1.49. The number of hydrogen-bond donors (Lipinski definition) is 0. The van der Waals surface area contributed by atoms with E-state index in [4.69, 9.17) is 4.74 Å². The highest BCUT2D eigenvalue weighted by Crippen LogP contribution is 2.23. The Labute approximate surface area is 80.9 Å².